The topological polar surface area (TPSA) is 90.9 Å². The van der Waals surface area contributed by atoms with Crippen LogP contribution in [0.15, 0.2) is 9.59 Å². The molecule has 0 spiro atoms. The van der Waals surface area contributed by atoms with Gasteiger partial charge in [-0.05, 0) is 19.3 Å². The Balaban J connectivity index is 2.86. The zero-order valence-electron chi connectivity index (χ0n) is 9.20. The van der Waals surface area contributed by atoms with E-state index in [1.165, 1.54) is 0 Å². The second-order valence-corrected chi connectivity index (χ2v) is 4.54. The predicted octanol–water partition coefficient (Wildman–Crippen LogP) is -0.338. The minimum Gasteiger partial charge on any atom is -0.388 e. The van der Waals surface area contributed by atoms with Crippen molar-refractivity contribution in [3.05, 3.63) is 21.0 Å². The molecule has 0 aromatic carbocycles. The summed E-state index contributed by atoms with van der Waals surface area (Å²) in [6, 6.07) is 0. The van der Waals surface area contributed by atoms with Crippen LogP contribution in [0.3, 0.4) is 0 Å². The van der Waals surface area contributed by atoms with Crippen molar-refractivity contribution < 1.29 is 5.11 Å². The Morgan fingerprint density at radius 3 is 2.20 bits per heavy atom. The maximum Gasteiger partial charge on any atom is 0.344 e. The molecule has 86 valence electrons. The van der Waals surface area contributed by atoms with Gasteiger partial charge in [0.05, 0.1) is 12.1 Å². The van der Waals surface area contributed by atoms with E-state index in [-0.39, 0.29) is 6.54 Å². The van der Waals surface area contributed by atoms with Gasteiger partial charge in [-0.15, -0.1) is 0 Å². The van der Waals surface area contributed by atoms with Crippen LogP contribution < -0.4 is 11.4 Å². The fourth-order valence-corrected chi connectivity index (χ4v) is 1.76. The average molecular weight is 215 g/mol. The number of aliphatic hydroxyl groups is 1. The molecule has 1 rings (SSSR count). The monoisotopic (exact) mass is 215 g/mol. The van der Waals surface area contributed by atoms with Gasteiger partial charge >= 0.3 is 11.4 Å². The molecule has 0 fully saturated rings. The summed E-state index contributed by atoms with van der Waals surface area (Å²) >= 11 is 0. The molecule has 6 heteroatoms. The molecule has 0 radical (unpaired) electrons. The molecule has 0 saturated heterocycles. The fourth-order valence-electron chi connectivity index (χ4n) is 1.76. The molecule has 0 aliphatic heterocycles. The number of rotatable bonds is 4. The lowest BCUT2D eigenvalue weighted by atomic mass is 9.94. The van der Waals surface area contributed by atoms with Crippen molar-refractivity contribution in [2.45, 2.75) is 39.3 Å². The molecule has 1 unspecified atom stereocenters. The number of nitrogens with one attached hydrogen (secondary N) is 2. The molecule has 15 heavy (non-hydrogen) atoms. The van der Waals surface area contributed by atoms with E-state index in [2.05, 4.69) is 10.2 Å². The summed E-state index contributed by atoms with van der Waals surface area (Å²) < 4.78 is 0.961. The summed E-state index contributed by atoms with van der Waals surface area (Å²) in [4.78, 5) is 22.3. The van der Waals surface area contributed by atoms with E-state index < -0.39 is 17.0 Å². The van der Waals surface area contributed by atoms with Gasteiger partial charge in [-0.3, -0.25) is 0 Å². The first-order valence-electron chi connectivity index (χ1n) is 4.92. The highest BCUT2D eigenvalue weighted by molar-refractivity contribution is 4.78. The van der Waals surface area contributed by atoms with E-state index in [9.17, 15) is 14.7 Å². The second kappa shape index (κ2) is 4.06. The van der Waals surface area contributed by atoms with Gasteiger partial charge in [0.1, 0.15) is 0 Å². The third-order valence-electron chi connectivity index (χ3n) is 2.11. The first-order chi connectivity index (χ1) is 6.82. The summed E-state index contributed by atoms with van der Waals surface area (Å²) in [6.07, 6.45) is 0.532. The van der Waals surface area contributed by atoms with Crippen molar-refractivity contribution in [3.63, 3.8) is 0 Å². The summed E-state index contributed by atoms with van der Waals surface area (Å²) in [5.74, 6) is 0.300. The van der Waals surface area contributed by atoms with Crippen molar-refractivity contribution in [2.24, 2.45) is 5.92 Å². The minimum atomic E-state index is -1.05. The number of hydrogen-bond donors (Lipinski definition) is 3. The van der Waals surface area contributed by atoms with E-state index in [4.69, 9.17) is 0 Å². The zero-order chi connectivity index (χ0) is 11.6. The molecule has 1 aromatic rings. The lowest BCUT2D eigenvalue weighted by Gasteiger charge is -2.24. The first kappa shape index (κ1) is 11.8. The molecule has 1 aromatic heterocycles. The van der Waals surface area contributed by atoms with Gasteiger partial charge in [0.2, 0.25) is 0 Å². The predicted molar refractivity (Wildman–Crippen MR) is 55.8 cm³/mol. The van der Waals surface area contributed by atoms with Crippen LogP contribution in [0.1, 0.15) is 27.2 Å². The summed E-state index contributed by atoms with van der Waals surface area (Å²) in [7, 11) is 0. The van der Waals surface area contributed by atoms with Crippen molar-refractivity contribution in [1.82, 2.24) is 14.8 Å². The Labute approximate surface area is 86.9 Å². The molecule has 0 aliphatic carbocycles. The average Bonchev–Trinajstić information content (AvgIpc) is 2.33. The SMILES string of the molecule is CC(C)CC(C)(O)Cn1c(=O)[nH][nH]c1=O. The molecule has 0 amide bonds. The first-order valence-corrected chi connectivity index (χ1v) is 4.92. The standard InChI is InChI=1S/C9H17N3O3/c1-6(2)4-9(3,15)5-12-7(13)10-11-8(12)14/h6,15H,4-5H2,1-3H3,(H,10,13)(H,11,14). The van der Waals surface area contributed by atoms with Crippen molar-refractivity contribution in [1.29, 1.82) is 0 Å². The largest absolute Gasteiger partial charge is 0.388 e. The highest BCUT2D eigenvalue weighted by Gasteiger charge is 2.24. The molecule has 3 N–H and O–H groups in total. The van der Waals surface area contributed by atoms with E-state index in [0.717, 1.165) is 4.57 Å². The van der Waals surface area contributed by atoms with Crippen LogP contribution in [0.5, 0.6) is 0 Å². The molecule has 0 aliphatic rings. The Hall–Kier alpha value is -1.30. The van der Waals surface area contributed by atoms with Crippen LogP contribution >= 0.6 is 0 Å². The number of hydrogen-bond acceptors (Lipinski definition) is 3. The van der Waals surface area contributed by atoms with Gasteiger partial charge in [-0.2, -0.15) is 0 Å². The van der Waals surface area contributed by atoms with Crippen LogP contribution in [0, 0.1) is 5.92 Å². The summed E-state index contributed by atoms with van der Waals surface area (Å²) in [5.41, 5.74) is -2.10. The molecular weight excluding hydrogens is 198 g/mol. The fraction of sp³-hybridized carbons (Fsp3) is 0.778. The molecule has 0 bridgehead atoms. The molecule has 6 nitrogen and oxygen atoms in total. The van der Waals surface area contributed by atoms with Gasteiger partial charge in [-0.25, -0.2) is 24.4 Å². The van der Waals surface area contributed by atoms with Crippen molar-refractivity contribution in [2.75, 3.05) is 0 Å². The van der Waals surface area contributed by atoms with E-state index in [0.29, 0.717) is 12.3 Å². The van der Waals surface area contributed by atoms with Crippen LogP contribution in [0.4, 0.5) is 0 Å². The second-order valence-electron chi connectivity index (χ2n) is 4.54. The smallest absolute Gasteiger partial charge is 0.344 e. The summed E-state index contributed by atoms with van der Waals surface area (Å²) in [6.45, 7) is 5.56. The van der Waals surface area contributed by atoms with Crippen LogP contribution in [-0.2, 0) is 6.54 Å². The zero-order valence-corrected chi connectivity index (χ0v) is 9.20. The Kier molecular flexibility index (Phi) is 3.18. The lowest BCUT2D eigenvalue weighted by Crippen LogP contribution is -2.39. The minimum absolute atomic E-state index is 0.00282. The van der Waals surface area contributed by atoms with Crippen molar-refractivity contribution >= 4 is 0 Å². The van der Waals surface area contributed by atoms with E-state index in [1.54, 1.807) is 6.92 Å². The van der Waals surface area contributed by atoms with Gasteiger partial charge in [-0.1, -0.05) is 13.8 Å². The number of H-pyrrole nitrogens is 2. The highest BCUT2D eigenvalue weighted by atomic mass is 16.3. The van der Waals surface area contributed by atoms with Crippen molar-refractivity contribution in [3.8, 4) is 0 Å². The Morgan fingerprint density at radius 1 is 1.33 bits per heavy atom. The molecule has 0 saturated carbocycles. The highest BCUT2D eigenvalue weighted by Crippen LogP contribution is 2.16. The number of aromatic nitrogens is 3. The third-order valence-corrected chi connectivity index (χ3v) is 2.11. The molecular formula is C9H17N3O3. The maximum atomic E-state index is 11.2. The Morgan fingerprint density at radius 2 is 1.80 bits per heavy atom. The van der Waals surface area contributed by atoms with Crippen LogP contribution in [0.2, 0.25) is 0 Å². The lowest BCUT2D eigenvalue weighted by molar-refractivity contribution is 0.0198. The van der Waals surface area contributed by atoms with Gasteiger partial charge in [0.25, 0.3) is 0 Å². The quantitative estimate of drug-likeness (QED) is 0.641. The van der Waals surface area contributed by atoms with Gasteiger partial charge < -0.3 is 5.11 Å². The van der Waals surface area contributed by atoms with E-state index >= 15 is 0 Å². The van der Waals surface area contributed by atoms with Crippen LogP contribution in [-0.4, -0.2) is 25.5 Å². The number of aromatic amines is 2. The maximum absolute atomic E-state index is 11.2. The van der Waals surface area contributed by atoms with Gasteiger partial charge in [0, 0.05) is 0 Å². The summed E-state index contributed by atoms with van der Waals surface area (Å²) in [5, 5.41) is 14.3. The normalized spacial score (nSPS) is 15.5. The molecule has 1 atom stereocenters. The van der Waals surface area contributed by atoms with Gasteiger partial charge in [0.15, 0.2) is 0 Å². The van der Waals surface area contributed by atoms with Crippen LogP contribution in [0.25, 0.3) is 0 Å². The number of nitrogens with zero attached hydrogens (tertiary/aromatic N) is 1. The molecule has 1 heterocycles. The Bertz CT molecular complexity index is 397. The third kappa shape index (κ3) is 3.09. The van der Waals surface area contributed by atoms with E-state index in [1.807, 2.05) is 13.8 Å².